The largest absolute Gasteiger partial charge is 0.477 e. The van der Waals surface area contributed by atoms with Crippen molar-refractivity contribution in [2.45, 2.75) is 13.8 Å². The van der Waals surface area contributed by atoms with E-state index in [1.165, 1.54) is 35.9 Å². The van der Waals surface area contributed by atoms with Crippen LogP contribution in [0.5, 0.6) is 5.88 Å². The fourth-order valence-corrected chi connectivity index (χ4v) is 3.48. The first-order chi connectivity index (χ1) is 11.5. The molecular formula is C16H13ClFN3O2S. The van der Waals surface area contributed by atoms with Gasteiger partial charge in [0.2, 0.25) is 5.88 Å². The van der Waals surface area contributed by atoms with E-state index >= 15 is 0 Å². The molecule has 1 amide bonds. The number of amides is 1. The molecule has 8 heteroatoms. The molecule has 3 aromatic rings. The highest BCUT2D eigenvalue weighted by Gasteiger charge is 2.20. The molecule has 0 saturated heterocycles. The molecule has 1 aromatic carbocycles. The lowest BCUT2D eigenvalue weighted by Crippen LogP contribution is -2.11. The van der Waals surface area contributed by atoms with Crippen molar-refractivity contribution in [3.63, 3.8) is 0 Å². The van der Waals surface area contributed by atoms with E-state index in [1.807, 2.05) is 13.8 Å². The van der Waals surface area contributed by atoms with Gasteiger partial charge in [0, 0.05) is 5.69 Å². The van der Waals surface area contributed by atoms with E-state index in [1.54, 1.807) is 0 Å². The van der Waals surface area contributed by atoms with E-state index in [0.29, 0.717) is 27.9 Å². The predicted octanol–water partition coefficient (Wildman–Crippen LogP) is 4.44. The number of hydrogen-bond donors (Lipinski definition) is 1. The molecule has 0 radical (unpaired) electrons. The molecule has 0 atom stereocenters. The molecular weight excluding hydrogens is 353 g/mol. The number of carbonyl (C=O) groups excluding carboxylic acids is 1. The summed E-state index contributed by atoms with van der Waals surface area (Å²) < 4.78 is 18.7. The molecule has 0 aliphatic carbocycles. The number of ether oxygens (including phenoxy) is 1. The van der Waals surface area contributed by atoms with Gasteiger partial charge in [0.25, 0.3) is 5.91 Å². The predicted molar refractivity (Wildman–Crippen MR) is 92.7 cm³/mol. The van der Waals surface area contributed by atoms with Gasteiger partial charge in [-0.25, -0.2) is 14.4 Å². The van der Waals surface area contributed by atoms with E-state index in [4.69, 9.17) is 16.3 Å². The van der Waals surface area contributed by atoms with Crippen molar-refractivity contribution in [2.75, 3.05) is 11.9 Å². The lowest BCUT2D eigenvalue weighted by atomic mass is 10.2. The number of nitrogens with zero attached hydrogens (tertiary/aromatic N) is 2. The van der Waals surface area contributed by atoms with Crippen LogP contribution in [0.2, 0.25) is 5.02 Å². The second-order valence-corrected chi connectivity index (χ2v) is 6.34. The Morgan fingerprint density at radius 3 is 2.92 bits per heavy atom. The number of thiophene rings is 1. The van der Waals surface area contributed by atoms with Crippen LogP contribution in [-0.4, -0.2) is 22.5 Å². The molecule has 0 aliphatic heterocycles. The van der Waals surface area contributed by atoms with Crippen LogP contribution in [0, 0.1) is 12.7 Å². The number of carbonyl (C=O) groups is 1. The van der Waals surface area contributed by atoms with Crippen LogP contribution in [0.1, 0.15) is 22.2 Å². The van der Waals surface area contributed by atoms with E-state index in [2.05, 4.69) is 15.3 Å². The number of halogens is 2. The van der Waals surface area contributed by atoms with Crippen molar-refractivity contribution in [3.05, 3.63) is 45.8 Å². The molecule has 124 valence electrons. The van der Waals surface area contributed by atoms with Crippen molar-refractivity contribution in [2.24, 2.45) is 0 Å². The molecule has 0 saturated carbocycles. The molecule has 0 fully saturated rings. The van der Waals surface area contributed by atoms with Crippen LogP contribution in [0.3, 0.4) is 0 Å². The zero-order valence-corrected chi connectivity index (χ0v) is 14.5. The number of benzene rings is 1. The monoisotopic (exact) mass is 365 g/mol. The molecule has 24 heavy (non-hydrogen) atoms. The number of rotatable bonds is 4. The summed E-state index contributed by atoms with van der Waals surface area (Å²) in [5, 5.41) is 3.39. The minimum Gasteiger partial charge on any atom is -0.477 e. The fraction of sp³-hybridized carbons (Fsp3) is 0.188. The summed E-state index contributed by atoms with van der Waals surface area (Å²) in [6, 6.07) is 4.02. The van der Waals surface area contributed by atoms with Gasteiger partial charge >= 0.3 is 0 Å². The van der Waals surface area contributed by atoms with Crippen LogP contribution in [-0.2, 0) is 0 Å². The zero-order valence-electron chi connectivity index (χ0n) is 12.9. The summed E-state index contributed by atoms with van der Waals surface area (Å²) in [5.41, 5.74) is 1.16. The Labute approximate surface area is 146 Å². The summed E-state index contributed by atoms with van der Waals surface area (Å²) in [6.07, 6.45) is 1.41. The fourth-order valence-electron chi connectivity index (χ4n) is 2.26. The number of aromatic nitrogens is 2. The maximum atomic E-state index is 13.2. The molecule has 0 unspecified atom stereocenters. The lowest BCUT2D eigenvalue weighted by molar-refractivity contribution is 0.103. The van der Waals surface area contributed by atoms with Crippen LogP contribution < -0.4 is 10.1 Å². The Hall–Kier alpha value is -2.25. The highest BCUT2D eigenvalue weighted by atomic mass is 35.5. The topological polar surface area (TPSA) is 64.1 Å². The van der Waals surface area contributed by atoms with Crippen molar-refractivity contribution < 1.29 is 13.9 Å². The van der Waals surface area contributed by atoms with Gasteiger partial charge in [-0.1, -0.05) is 11.6 Å². The first-order valence-electron chi connectivity index (χ1n) is 7.14. The van der Waals surface area contributed by atoms with Gasteiger partial charge in [0.05, 0.1) is 21.9 Å². The molecule has 5 nitrogen and oxygen atoms in total. The van der Waals surface area contributed by atoms with Crippen molar-refractivity contribution in [1.82, 2.24) is 9.97 Å². The first kappa shape index (κ1) is 16.6. The van der Waals surface area contributed by atoms with Crippen LogP contribution >= 0.6 is 22.9 Å². The Bertz CT molecular complexity index is 929. The van der Waals surface area contributed by atoms with Gasteiger partial charge in [0.1, 0.15) is 17.0 Å². The number of fused-ring (bicyclic) bond motifs is 1. The smallest absolute Gasteiger partial charge is 0.266 e. The average Bonchev–Trinajstić information content (AvgIpc) is 2.89. The summed E-state index contributed by atoms with van der Waals surface area (Å²) in [6.45, 7) is 4.15. The molecule has 3 rings (SSSR count). The summed E-state index contributed by atoms with van der Waals surface area (Å²) >= 11 is 6.98. The minimum atomic E-state index is -0.538. The maximum absolute atomic E-state index is 13.2. The normalized spacial score (nSPS) is 10.8. The van der Waals surface area contributed by atoms with Crippen molar-refractivity contribution >= 4 is 44.7 Å². The first-order valence-corrected chi connectivity index (χ1v) is 8.34. The molecule has 0 aliphatic rings. The van der Waals surface area contributed by atoms with Crippen LogP contribution in [0.25, 0.3) is 10.2 Å². The maximum Gasteiger partial charge on any atom is 0.266 e. The summed E-state index contributed by atoms with van der Waals surface area (Å²) in [4.78, 5) is 22.0. The van der Waals surface area contributed by atoms with Crippen molar-refractivity contribution in [1.29, 1.82) is 0 Å². The Kier molecular flexibility index (Phi) is 4.64. The SMILES string of the molecule is CCOc1ncnc2sc(C(=O)Nc3ccc(F)c(Cl)c3)c(C)c12. The molecule has 2 heterocycles. The average molecular weight is 366 g/mol. The quantitative estimate of drug-likeness (QED) is 0.742. The highest BCUT2D eigenvalue weighted by molar-refractivity contribution is 7.20. The van der Waals surface area contributed by atoms with Crippen LogP contribution in [0.15, 0.2) is 24.5 Å². The molecule has 0 bridgehead atoms. The van der Waals surface area contributed by atoms with E-state index in [9.17, 15) is 9.18 Å². The van der Waals surface area contributed by atoms with Gasteiger partial charge in [-0.15, -0.1) is 11.3 Å². The lowest BCUT2D eigenvalue weighted by Gasteiger charge is -2.06. The minimum absolute atomic E-state index is 0.0506. The summed E-state index contributed by atoms with van der Waals surface area (Å²) in [7, 11) is 0. The number of nitrogens with one attached hydrogen (secondary N) is 1. The zero-order chi connectivity index (χ0) is 17.3. The van der Waals surface area contributed by atoms with Gasteiger partial charge in [0.15, 0.2) is 0 Å². The standard InChI is InChI=1S/C16H13ClFN3O2S/c1-3-23-15-12-8(2)13(24-16(12)20-7-19-15)14(22)21-9-4-5-11(18)10(17)6-9/h4-7H,3H2,1-2H3,(H,21,22). The highest BCUT2D eigenvalue weighted by Crippen LogP contribution is 2.34. The second kappa shape index (κ2) is 6.70. The summed E-state index contributed by atoms with van der Waals surface area (Å²) in [5.74, 6) is -0.398. The van der Waals surface area contributed by atoms with Gasteiger partial charge in [-0.2, -0.15) is 0 Å². The van der Waals surface area contributed by atoms with Crippen molar-refractivity contribution in [3.8, 4) is 5.88 Å². The second-order valence-electron chi connectivity index (χ2n) is 4.93. The van der Waals surface area contributed by atoms with E-state index < -0.39 is 5.82 Å². The van der Waals surface area contributed by atoms with Gasteiger partial charge in [-0.05, 0) is 37.6 Å². The third-order valence-electron chi connectivity index (χ3n) is 3.36. The van der Waals surface area contributed by atoms with Gasteiger partial charge < -0.3 is 10.1 Å². The van der Waals surface area contributed by atoms with Gasteiger partial charge in [-0.3, -0.25) is 4.79 Å². The number of hydrogen-bond acceptors (Lipinski definition) is 5. The Morgan fingerprint density at radius 2 is 2.21 bits per heavy atom. The molecule has 0 spiro atoms. The molecule has 1 N–H and O–H groups in total. The Morgan fingerprint density at radius 1 is 1.42 bits per heavy atom. The van der Waals surface area contributed by atoms with E-state index in [-0.39, 0.29) is 10.9 Å². The third-order valence-corrected chi connectivity index (χ3v) is 4.85. The number of aryl methyl sites for hydroxylation is 1. The number of anilines is 1. The third kappa shape index (κ3) is 3.05. The molecule has 2 aromatic heterocycles. The van der Waals surface area contributed by atoms with E-state index in [0.717, 1.165) is 10.9 Å². The van der Waals surface area contributed by atoms with Crippen LogP contribution in [0.4, 0.5) is 10.1 Å². The Balaban J connectivity index is 1.96.